The molecule has 0 spiro atoms. The summed E-state index contributed by atoms with van der Waals surface area (Å²) in [5.74, 6) is -0.230. The van der Waals surface area contributed by atoms with Crippen LogP contribution in [-0.2, 0) is 9.53 Å². The Balaban J connectivity index is 2.52. The Morgan fingerprint density at radius 3 is 2.76 bits per heavy atom. The van der Waals surface area contributed by atoms with Crippen molar-refractivity contribution in [2.45, 2.75) is 19.4 Å². The summed E-state index contributed by atoms with van der Waals surface area (Å²) in [6.45, 7) is 2.53. The Kier molecular flexibility index (Phi) is 5.75. The molecule has 1 unspecified atom stereocenters. The van der Waals surface area contributed by atoms with Crippen molar-refractivity contribution in [1.82, 2.24) is 5.32 Å². The van der Waals surface area contributed by atoms with Gasteiger partial charge in [-0.25, -0.2) is 0 Å². The van der Waals surface area contributed by atoms with E-state index in [2.05, 4.69) is 10.1 Å². The largest absolute Gasteiger partial charge is 0.469 e. The summed E-state index contributed by atoms with van der Waals surface area (Å²) < 4.78 is 4.55. The van der Waals surface area contributed by atoms with Crippen LogP contribution in [0, 0.1) is 0 Å². The summed E-state index contributed by atoms with van der Waals surface area (Å²) in [6, 6.07) is 5.43. The number of nitrogens with one attached hydrogen (secondary N) is 1. The highest BCUT2D eigenvalue weighted by molar-refractivity contribution is 6.35. The van der Waals surface area contributed by atoms with Gasteiger partial charge in [-0.3, -0.25) is 4.79 Å². The Morgan fingerprint density at radius 2 is 2.18 bits per heavy atom. The van der Waals surface area contributed by atoms with Crippen LogP contribution in [-0.4, -0.2) is 19.6 Å². The predicted octanol–water partition coefficient (Wildman–Crippen LogP) is 3.21. The first kappa shape index (κ1) is 14.3. The number of ether oxygens (including phenoxy) is 1. The van der Waals surface area contributed by atoms with Crippen molar-refractivity contribution in [1.29, 1.82) is 0 Å². The molecule has 5 heteroatoms. The van der Waals surface area contributed by atoms with Crippen LogP contribution >= 0.6 is 23.2 Å². The molecule has 0 bridgehead atoms. The van der Waals surface area contributed by atoms with Crippen LogP contribution in [0.3, 0.4) is 0 Å². The van der Waals surface area contributed by atoms with Crippen LogP contribution < -0.4 is 5.32 Å². The minimum atomic E-state index is -0.230. The molecule has 17 heavy (non-hydrogen) atoms. The van der Waals surface area contributed by atoms with Gasteiger partial charge in [0.2, 0.25) is 0 Å². The van der Waals surface area contributed by atoms with E-state index in [0.29, 0.717) is 23.0 Å². The number of carbonyl (C=O) groups excluding carboxylic acids is 1. The summed E-state index contributed by atoms with van der Waals surface area (Å²) in [7, 11) is 1.38. The molecular weight excluding hydrogens is 261 g/mol. The molecule has 0 aromatic heterocycles. The van der Waals surface area contributed by atoms with Crippen LogP contribution in [0.25, 0.3) is 0 Å². The minimum absolute atomic E-state index is 0.0597. The van der Waals surface area contributed by atoms with E-state index in [9.17, 15) is 4.79 Å². The SMILES string of the molecule is COC(=O)CCNC(C)c1ccc(Cl)cc1Cl. The van der Waals surface area contributed by atoms with E-state index in [1.165, 1.54) is 7.11 Å². The molecule has 1 atom stereocenters. The Hall–Kier alpha value is -0.770. The topological polar surface area (TPSA) is 38.3 Å². The standard InChI is InChI=1S/C12H15Cl2NO2/c1-8(15-6-5-12(16)17-2)10-4-3-9(13)7-11(10)14/h3-4,7-8,15H,5-6H2,1-2H3. The molecule has 0 radical (unpaired) electrons. The fourth-order valence-corrected chi connectivity index (χ4v) is 2.03. The Labute approximate surface area is 111 Å². The third kappa shape index (κ3) is 4.54. The second-order valence-corrected chi connectivity index (χ2v) is 4.51. The van der Waals surface area contributed by atoms with E-state index in [1.807, 2.05) is 13.0 Å². The third-order valence-electron chi connectivity index (χ3n) is 2.44. The summed E-state index contributed by atoms with van der Waals surface area (Å²) in [4.78, 5) is 10.9. The third-order valence-corrected chi connectivity index (χ3v) is 3.00. The number of carbonyl (C=O) groups is 1. The Morgan fingerprint density at radius 1 is 1.47 bits per heavy atom. The lowest BCUT2D eigenvalue weighted by Gasteiger charge is -2.15. The molecule has 3 nitrogen and oxygen atoms in total. The molecule has 1 N–H and O–H groups in total. The summed E-state index contributed by atoms with van der Waals surface area (Å²) in [5.41, 5.74) is 0.959. The zero-order valence-corrected chi connectivity index (χ0v) is 11.3. The zero-order chi connectivity index (χ0) is 12.8. The number of halogens is 2. The molecule has 1 rings (SSSR count). The molecule has 0 amide bonds. The summed E-state index contributed by atoms with van der Waals surface area (Å²) >= 11 is 11.9. The van der Waals surface area contributed by atoms with E-state index in [-0.39, 0.29) is 12.0 Å². The average Bonchev–Trinajstić information content (AvgIpc) is 2.28. The van der Waals surface area contributed by atoms with Gasteiger partial charge in [-0.05, 0) is 24.6 Å². The van der Waals surface area contributed by atoms with Crippen molar-refractivity contribution in [3.05, 3.63) is 33.8 Å². The van der Waals surface area contributed by atoms with Crippen molar-refractivity contribution in [3.8, 4) is 0 Å². The van der Waals surface area contributed by atoms with Gasteiger partial charge in [-0.2, -0.15) is 0 Å². The minimum Gasteiger partial charge on any atom is -0.469 e. The molecule has 0 aliphatic heterocycles. The zero-order valence-electron chi connectivity index (χ0n) is 9.80. The van der Waals surface area contributed by atoms with E-state index in [4.69, 9.17) is 23.2 Å². The van der Waals surface area contributed by atoms with Gasteiger partial charge in [0.05, 0.1) is 13.5 Å². The maximum Gasteiger partial charge on any atom is 0.306 e. The van der Waals surface area contributed by atoms with Gasteiger partial charge >= 0.3 is 5.97 Å². The first-order valence-corrected chi connectivity index (χ1v) is 6.05. The molecule has 1 aromatic carbocycles. The van der Waals surface area contributed by atoms with Crippen LogP contribution in [0.1, 0.15) is 24.9 Å². The second kappa shape index (κ2) is 6.84. The lowest BCUT2D eigenvalue weighted by molar-refractivity contribution is -0.140. The lowest BCUT2D eigenvalue weighted by Crippen LogP contribution is -2.22. The Bertz CT molecular complexity index is 396. The molecular formula is C12H15Cl2NO2. The highest BCUT2D eigenvalue weighted by atomic mass is 35.5. The van der Waals surface area contributed by atoms with Gasteiger partial charge in [0.25, 0.3) is 0 Å². The van der Waals surface area contributed by atoms with Crippen molar-refractivity contribution in [2.24, 2.45) is 0 Å². The van der Waals surface area contributed by atoms with E-state index in [0.717, 1.165) is 5.56 Å². The van der Waals surface area contributed by atoms with Crippen LogP contribution in [0.4, 0.5) is 0 Å². The number of rotatable bonds is 5. The molecule has 0 saturated heterocycles. The number of methoxy groups -OCH3 is 1. The number of hydrogen-bond acceptors (Lipinski definition) is 3. The van der Waals surface area contributed by atoms with Crippen molar-refractivity contribution in [2.75, 3.05) is 13.7 Å². The quantitative estimate of drug-likeness (QED) is 0.839. The van der Waals surface area contributed by atoms with Gasteiger partial charge in [-0.15, -0.1) is 0 Å². The monoisotopic (exact) mass is 275 g/mol. The molecule has 94 valence electrons. The van der Waals surface area contributed by atoms with E-state index in [1.54, 1.807) is 12.1 Å². The summed E-state index contributed by atoms with van der Waals surface area (Å²) in [6.07, 6.45) is 0.339. The van der Waals surface area contributed by atoms with E-state index < -0.39 is 0 Å². The molecule has 0 saturated carbocycles. The molecule has 0 aliphatic carbocycles. The van der Waals surface area contributed by atoms with Crippen molar-refractivity contribution >= 4 is 29.2 Å². The van der Waals surface area contributed by atoms with E-state index >= 15 is 0 Å². The van der Waals surface area contributed by atoms with Gasteiger partial charge in [0.15, 0.2) is 0 Å². The first-order chi connectivity index (χ1) is 8.04. The van der Waals surface area contributed by atoms with Gasteiger partial charge < -0.3 is 10.1 Å². The van der Waals surface area contributed by atoms with Crippen LogP contribution in [0.5, 0.6) is 0 Å². The molecule has 0 fully saturated rings. The fraction of sp³-hybridized carbons (Fsp3) is 0.417. The second-order valence-electron chi connectivity index (χ2n) is 3.67. The van der Waals surface area contributed by atoms with Gasteiger partial charge in [0.1, 0.15) is 0 Å². The highest BCUT2D eigenvalue weighted by Gasteiger charge is 2.10. The smallest absolute Gasteiger partial charge is 0.306 e. The van der Waals surface area contributed by atoms with Gasteiger partial charge in [0, 0.05) is 22.6 Å². The van der Waals surface area contributed by atoms with Crippen LogP contribution in [0.15, 0.2) is 18.2 Å². The number of hydrogen-bond donors (Lipinski definition) is 1. The first-order valence-electron chi connectivity index (χ1n) is 5.29. The average molecular weight is 276 g/mol. The fourth-order valence-electron chi connectivity index (χ4n) is 1.46. The van der Waals surface area contributed by atoms with Gasteiger partial charge in [-0.1, -0.05) is 29.3 Å². The van der Waals surface area contributed by atoms with Crippen molar-refractivity contribution in [3.63, 3.8) is 0 Å². The number of esters is 1. The molecule has 1 aromatic rings. The van der Waals surface area contributed by atoms with Crippen LogP contribution in [0.2, 0.25) is 10.0 Å². The maximum atomic E-state index is 10.9. The lowest BCUT2D eigenvalue weighted by atomic mass is 10.1. The van der Waals surface area contributed by atoms with Crippen molar-refractivity contribution < 1.29 is 9.53 Å². The number of benzene rings is 1. The molecule has 0 heterocycles. The normalized spacial score (nSPS) is 12.2. The predicted molar refractivity (Wildman–Crippen MR) is 69.5 cm³/mol. The maximum absolute atomic E-state index is 10.9. The highest BCUT2D eigenvalue weighted by Crippen LogP contribution is 2.25. The molecule has 0 aliphatic rings. The summed E-state index contributed by atoms with van der Waals surface area (Å²) in [5, 5.41) is 4.43.